The Hall–Kier alpha value is -0.950. The molecule has 1 rings (SSSR count). The first-order chi connectivity index (χ1) is 8.33. The molecule has 0 aromatic rings. The lowest BCUT2D eigenvalue weighted by molar-refractivity contribution is -0.260. The molecule has 18 heavy (non-hydrogen) atoms. The smallest absolute Gasteiger partial charge is 0.245 e. The number of aliphatic hydroxyl groups is 1. The van der Waals surface area contributed by atoms with E-state index in [1.54, 1.807) is 25.7 Å². The van der Waals surface area contributed by atoms with Gasteiger partial charge in [0.15, 0.2) is 0 Å². The van der Waals surface area contributed by atoms with Gasteiger partial charge in [-0.25, -0.2) is 0 Å². The maximum absolute atomic E-state index is 11.8. The van der Waals surface area contributed by atoms with Crippen molar-refractivity contribution in [3.63, 3.8) is 0 Å². The number of hydrogen-bond donors (Lipinski definition) is 1. The van der Waals surface area contributed by atoms with Crippen LogP contribution in [0.3, 0.4) is 0 Å². The molecule has 0 aromatic heterocycles. The molecular weight excluding hydrogens is 256 g/mol. The van der Waals surface area contributed by atoms with Gasteiger partial charge in [-0.1, -0.05) is 20.8 Å². The van der Waals surface area contributed by atoms with Gasteiger partial charge in [-0.15, -0.1) is 11.8 Å². The summed E-state index contributed by atoms with van der Waals surface area (Å²) in [6.45, 7) is 5.48. The molecule has 1 heterocycles. The van der Waals surface area contributed by atoms with Gasteiger partial charge in [0.25, 0.3) is 0 Å². The van der Waals surface area contributed by atoms with E-state index in [9.17, 15) is 9.90 Å². The Kier molecular flexibility index (Phi) is 5.28. The van der Waals surface area contributed by atoms with Crippen LogP contribution in [0.2, 0.25) is 0 Å². The van der Waals surface area contributed by atoms with Crippen molar-refractivity contribution in [3.8, 4) is 0 Å². The second kappa shape index (κ2) is 6.29. The van der Waals surface area contributed by atoms with E-state index in [4.69, 9.17) is 9.84 Å². The van der Waals surface area contributed by atoms with Gasteiger partial charge < -0.3 is 19.8 Å². The van der Waals surface area contributed by atoms with Crippen molar-refractivity contribution >= 4 is 23.8 Å². The number of carbonyl (C=O) groups is 1. The van der Waals surface area contributed by atoms with E-state index in [2.05, 4.69) is 4.99 Å². The molecule has 0 saturated carbocycles. The maximum atomic E-state index is 11.8. The SMILES string of the molecule is CC(C)(C)OC([O-])=NCC(=O)N1CCSC1CO. The molecule has 0 aliphatic carbocycles. The van der Waals surface area contributed by atoms with Gasteiger partial charge >= 0.3 is 0 Å². The van der Waals surface area contributed by atoms with Gasteiger partial charge in [-0.05, 0) is 0 Å². The fraction of sp³-hybridized carbons (Fsp3) is 0.818. The molecule has 0 spiro atoms. The molecule has 0 bridgehead atoms. The van der Waals surface area contributed by atoms with E-state index in [-0.39, 0.29) is 24.4 Å². The Morgan fingerprint density at radius 3 is 2.83 bits per heavy atom. The van der Waals surface area contributed by atoms with E-state index in [1.807, 2.05) is 0 Å². The Balaban J connectivity index is 2.47. The highest BCUT2D eigenvalue weighted by Crippen LogP contribution is 2.22. The first-order valence-corrected chi connectivity index (χ1v) is 6.81. The molecule has 1 saturated heterocycles. The number of rotatable bonds is 3. The molecule has 1 unspecified atom stereocenters. The summed E-state index contributed by atoms with van der Waals surface area (Å²) in [5, 5.41) is 20.2. The van der Waals surface area contributed by atoms with Gasteiger partial charge in [-0.2, -0.15) is 0 Å². The molecule has 1 aliphatic rings. The van der Waals surface area contributed by atoms with Crippen LogP contribution in [-0.4, -0.2) is 58.4 Å². The molecule has 1 amide bonds. The Labute approximate surface area is 111 Å². The highest BCUT2D eigenvalue weighted by Gasteiger charge is 2.28. The summed E-state index contributed by atoms with van der Waals surface area (Å²) in [6, 6.07) is 0. The van der Waals surface area contributed by atoms with Crippen LogP contribution < -0.4 is 5.11 Å². The van der Waals surface area contributed by atoms with Crippen molar-refractivity contribution in [1.82, 2.24) is 4.90 Å². The summed E-state index contributed by atoms with van der Waals surface area (Å²) < 4.78 is 4.97. The minimum atomic E-state index is -0.733. The van der Waals surface area contributed by atoms with Gasteiger partial charge in [0.05, 0.1) is 6.61 Å². The van der Waals surface area contributed by atoms with Gasteiger partial charge in [-0.3, -0.25) is 9.79 Å². The summed E-state index contributed by atoms with van der Waals surface area (Å²) in [4.78, 5) is 16.9. The summed E-state index contributed by atoms with van der Waals surface area (Å²) >= 11 is 1.52. The van der Waals surface area contributed by atoms with E-state index in [0.717, 1.165) is 5.75 Å². The fourth-order valence-corrected chi connectivity index (χ4v) is 2.56. The molecule has 0 radical (unpaired) electrons. The van der Waals surface area contributed by atoms with Gasteiger partial charge in [0.1, 0.15) is 18.0 Å². The molecule has 0 aromatic carbocycles. The first kappa shape index (κ1) is 15.1. The lowest BCUT2D eigenvalue weighted by Crippen LogP contribution is -2.39. The molecule has 7 heteroatoms. The summed E-state index contributed by atoms with van der Waals surface area (Å²) in [5.74, 6) is 0.536. The van der Waals surface area contributed by atoms with Gasteiger partial charge in [0.2, 0.25) is 5.91 Å². The third-order valence-corrected chi connectivity index (χ3v) is 3.41. The molecule has 104 valence electrons. The van der Waals surface area contributed by atoms with Crippen LogP contribution >= 0.6 is 11.8 Å². The van der Waals surface area contributed by atoms with Crippen LogP contribution in [0.5, 0.6) is 0 Å². The summed E-state index contributed by atoms with van der Waals surface area (Å²) in [5.41, 5.74) is -0.610. The number of hydrogen-bond acceptors (Lipinski definition) is 6. The average Bonchev–Trinajstić information content (AvgIpc) is 2.71. The lowest BCUT2D eigenvalue weighted by Gasteiger charge is -2.29. The minimum Gasteiger partial charge on any atom is -0.595 e. The molecular formula is C11H19N2O4S-. The van der Waals surface area contributed by atoms with Crippen molar-refractivity contribution in [1.29, 1.82) is 0 Å². The fourth-order valence-electron chi connectivity index (χ4n) is 1.47. The average molecular weight is 275 g/mol. The third-order valence-electron chi connectivity index (χ3n) is 2.20. The summed E-state index contributed by atoms with van der Waals surface area (Å²) in [7, 11) is 0. The standard InChI is InChI=1S/C11H20N2O4S/c1-11(2,3)17-10(16)12-6-8(15)13-4-5-18-9(13)7-14/h9,14H,4-7H2,1-3H3,(H,12,16)/p-1. The highest BCUT2D eigenvalue weighted by molar-refractivity contribution is 8.00. The Morgan fingerprint density at radius 1 is 1.61 bits per heavy atom. The molecule has 1 aliphatic heterocycles. The van der Waals surface area contributed by atoms with Crippen LogP contribution in [0.25, 0.3) is 0 Å². The number of ether oxygens (including phenoxy) is 1. The first-order valence-electron chi connectivity index (χ1n) is 5.76. The third kappa shape index (κ3) is 4.73. The number of aliphatic hydroxyl groups excluding tert-OH is 1. The minimum absolute atomic E-state index is 0.0805. The Bertz CT molecular complexity index is 327. The van der Waals surface area contributed by atoms with Crippen molar-refractivity contribution in [2.45, 2.75) is 31.7 Å². The van der Waals surface area contributed by atoms with Crippen molar-refractivity contribution in [2.75, 3.05) is 25.4 Å². The van der Waals surface area contributed by atoms with Crippen molar-refractivity contribution in [2.24, 2.45) is 4.99 Å². The zero-order valence-corrected chi connectivity index (χ0v) is 11.7. The van der Waals surface area contributed by atoms with Crippen LogP contribution in [0.1, 0.15) is 20.8 Å². The molecule has 1 atom stereocenters. The zero-order valence-electron chi connectivity index (χ0n) is 10.9. The van der Waals surface area contributed by atoms with Crippen LogP contribution in [0.15, 0.2) is 4.99 Å². The van der Waals surface area contributed by atoms with Crippen LogP contribution in [0.4, 0.5) is 0 Å². The predicted molar refractivity (Wildman–Crippen MR) is 68.2 cm³/mol. The van der Waals surface area contributed by atoms with Crippen molar-refractivity contribution in [3.05, 3.63) is 0 Å². The predicted octanol–water partition coefficient (Wildman–Crippen LogP) is -0.588. The zero-order chi connectivity index (χ0) is 13.8. The van der Waals surface area contributed by atoms with E-state index < -0.39 is 11.7 Å². The quantitative estimate of drug-likeness (QED) is 0.550. The number of thioether (sulfide) groups is 1. The maximum Gasteiger partial charge on any atom is 0.245 e. The lowest BCUT2D eigenvalue weighted by atomic mass is 10.2. The van der Waals surface area contributed by atoms with E-state index in [0.29, 0.717) is 6.54 Å². The number of aliphatic imine (C=N–C) groups is 1. The van der Waals surface area contributed by atoms with Crippen LogP contribution in [-0.2, 0) is 9.53 Å². The monoisotopic (exact) mass is 275 g/mol. The Morgan fingerprint density at radius 2 is 2.28 bits per heavy atom. The normalized spacial score (nSPS) is 21.2. The van der Waals surface area contributed by atoms with E-state index in [1.165, 1.54) is 11.8 Å². The topological polar surface area (TPSA) is 85.2 Å². The second-order valence-electron chi connectivity index (χ2n) is 4.89. The molecule has 1 N–H and O–H groups in total. The van der Waals surface area contributed by atoms with E-state index >= 15 is 0 Å². The second-order valence-corrected chi connectivity index (χ2v) is 6.18. The molecule has 6 nitrogen and oxygen atoms in total. The number of amides is 1. The van der Waals surface area contributed by atoms with Crippen LogP contribution in [0, 0.1) is 0 Å². The highest BCUT2D eigenvalue weighted by atomic mass is 32.2. The summed E-state index contributed by atoms with van der Waals surface area (Å²) in [6.07, 6.45) is -0.733. The van der Waals surface area contributed by atoms with Crippen molar-refractivity contribution < 1.29 is 19.7 Å². The number of carbonyl (C=O) groups excluding carboxylic acids is 1. The molecule has 1 fully saturated rings. The largest absolute Gasteiger partial charge is 0.595 e. The number of nitrogens with zero attached hydrogens (tertiary/aromatic N) is 2. The van der Waals surface area contributed by atoms with Gasteiger partial charge in [0, 0.05) is 17.9 Å².